The van der Waals surface area contributed by atoms with Gasteiger partial charge in [-0.05, 0) is 30.5 Å². The number of sulfonamides is 1. The largest absolute Gasteiger partial charge is 0.435 e. The van der Waals surface area contributed by atoms with Crippen LogP contribution in [0, 0.1) is 0 Å². The van der Waals surface area contributed by atoms with Crippen LogP contribution in [-0.2, 0) is 22.7 Å². The highest BCUT2D eigenvalue weighted by Gasteiger charge is 2.37. The van der Waals surface area contributed by atoms with Gasteiger partial charge >= 0.3 is 6.18 Å². The van der Waals surface area contributed by atoms with Crippen molar-refractivity contribution in [2.24, 2.45) is 0 Å². The third-order valence-electron chi connectivity index (χ3n) is 3.96. The molecule has 3 rings (SSSR count). The van der Waals surface area contributed by atoms with Crippen LogP contribution < -0.4 is 4.72 Å². The average Bonchev–Trinajstić information content (AvgIpc) is 3.33. The minimum Gasteiger partial charge on any atom is -0.267 e. The first-order chi connectivity index (χ1) is 12.2. The number of benzene rings is 1. The number of hydrogen-bond acceptors (Lipinski definition) is 3. The number of halogens is 3. The van der Waals surface area contributed by atoms with Crippen molar-refractivity contribution in [2.45, 2.75) is 31.5 Å². The first kappa shape index (κ1) is 18.7. The van der Waals surface area contributed by atoms with Gasteiger partial charge in [0.15, 0.2) is 5.69 Å². The van der Waals surface area contributed by atoms with Gasteiger partial charge in [-0.25, -0.2) is 13.1 Å². The lowest BCUT2D eigenvalue weighted by Gasteiger charge is -2.07. The van der Waals surface area contributed by atoms with Gasteiger partial charge in [0.1, 0.15) is 0 Å². The van der Waals surface area contributed by atoms with Gasteiger partial charge in [0.2, 0.25) is 10.0 Å². The summed E-state index contributed by atoms with van der Waals surface area (Å²) in [5.74, 6) is 0.0770. The lowest BCUT2D eigenvalue weighted by Crippen LogP contribution is -2.26. The first-order valence-corrected chi connectivity index (χ1v) is 9.67. The molecule has 2 aromatic rings. The van der Waals surface area contributed by atoms with E-state index in [1.807, 2.05) is 6.07 Å². The summed E-state index contributed by atoms with van der Waals surface area (Å²) in [6.45, 7) is 0.000477. The molecule has 0 unspecified atom stereocenters. The van der Waals surface area contributed by atoms with Crippen LogP contribution in [0.5, 0.6) is 0 Å². The molecule has 5 nitrogen and oxygen atoms in total. The highest BCUT2D eigenvalue weighted by Crippen LogP contribution is 2.42. The molecule has 26 heavy (non-hydrogen) atoms. The molecule has 1 aliphatic rings. The molecule has 1 heterocycles. The first-order valence-electron chi connectivity index (χ1n) is 8.12. The maximum absolute atomic E-state index is 12.8. The zero-order chi connectivity index (χ0) is 18.8. The number of rotatable bonds is 7. The van der Waals surface area contributed by atoms with E-state index < -0.39 is 21.9 Å². The molecule has 0 bridgehead atoms. The minimum absolute atomic E-state index is 0.0415. The van der Waals surface area contributed by atoms with Crippen molar-refractivity contribution in [3.05, 3.63) is 58.8 Å². The topological polar surface area (TPSA) is 64.0 Å². The smallest absolute Gasteiger partial charge is 0.267 e. The molecule has 0 spiro atoms. The Bertz CT molecular complexity index is 886. The summed E-state index contributed by atoms with van der Waals surface area (Å²) in [6, 6.07) is 9.97. The number of aromatic nitrogens is 2. The molecule has 1 N–H and O–H groups in total. The average molecular weight is 385 g/mol. The second-order valence-electron chi connectivity index (χ2n) is 6.10. The van der Waals surface area contributed by atoms with Gasteiger partial charge in [0.05, 0.1) is 6.54 Å². The SMILES string of the molecule is O=S(=O)(C=Cc1ccccc1)NCCn1nc(C(F)(F)F)cc1C1CC1. The Labute approximate surface area is 149 Å². The molecule has 0 atom stereocenters. The van der Waals surface area contributed by atoms with Crippen LogP contribution in [0.2, 0.25) is 0 Å². The normalized spacial score (nSPS) is 15.7. The number of nitrogens with zero attached hydrogens (tertiary/aromatic N) is 2. The van der Waals surface area contributed by atoms with E-state index in [1.165, 1.54) is 10.8 Å². The predicted molar refractivity (Wildman–Crippen MR) is 91.6 cm³/mol. The Morgan fingerprint density at radius 2 is 1.92 bits per heavy atom. The molecule has 1 fully saturated rings. The Morgan fingerprint density at radius 3 is 2.54 bits per heavy atom. The summed E-state index contributed by atoms with van der Waals surface area (Å²) < 4.78 is 66.1. The lowest BCUT2D eigenvalue weighted by atomic mass is 10.2. The van der Waals surface area contributed by atoms with E-state index in [4.69, 9.17) is 0 Å². The molecule has 1 aliphatic carbocycles. The molecule has 0 saturated heterocycles. The van der Waals surface area contributed by atoms with Crippen LogP contribution >= 0.6 is 0 Å². The number of hydrogen-bond donors (Lipinski definition) is 1. The van der Waals surface area contributed by atoms with Crippen molar-refractivity contribution in [3.63, 3.8) is 0 Å². The third kappa shape index (κ3) is 4.95. The lowest BCUT2D eigenvalue weighted by molar-refractivity contribution is -0.141. The fraction of sp³-hybridized carbons (Fsp3) is 0.353. The van der Waals surface area contributed by atoms with Crippen LogP contribution in [0.1, 0.15) is 35.7 Å². The molecule has 9 heteroatoms. The Morgan fingerprint density at radius 1 is 1.23 bits per heavy atom. The second kappa shape index (κ2) is 7.24. The Kier molecular flexibility index (Phi) is 5.19. The van der Waals surface area contributed by atoms with Crippen molar-refractivity contribution in [3.8, 4) is 0 Å². The summed E-state index contributed by atoms with van der Waals surface area (Å²) in [5, 5.41) is 4.63. The molecule has 1 aromatic heterocycles. The van der Waals surface area contributed by atoms with Gasteiger partial charge in [-0.15, -0.1) is 0 Å². The van der Waals surface area contributed by atoms with Gasteiger partial charge in [-0.3, -0.25) is 4.68 Å². The van der Waals surface area contributed by atoms with Crippen LogP contribution in [0.4, 0.5) is 13.2 Å². The monoisotopic (exact) mass is 385 g/mol. The fourth-order valence-electron chi connectivity index (χ4n) is 2.53. The van der Waals surface area contributed by atoms with Gasteiger partial charge < -0.3 is 0 Å². The highest BCUT2D eigenvalue weighted by molar-refractivity contribution is 7.92. The van der Waals surface area contributed by atoms with E-state index in [0.717, 1.165) is 29.9 Å². The molecular weight excluding hydrogens is 367 g/mol. The van der Waals surface area contributed by atoms with Crippen LogP contribution in [0.3, 0.4) is 0 Å². The summed E-state index contributed by atoms with van der Waals surface area (Å²) in [5.41, 5.74) is 0.304. The van der Waals surface area contributed by atoms with Crippen molar-refractivity contribution in [1.29, 1.82) is 0 Å². The van der Waals surface area contributed by atoms with Crippen molar-refractivity contribution in [2.75, 3.05) is 6.54 Å². The molecular formula is C17H18F3N3O2S. The minimum atomic E-state index is -4.51. The van der Waals surface area contributed by atoms with Crippen molar-refractivity contribution < 1.29 is 21.6 Å². The van der Waals surface area contributed by atoms with Crippen molar-refractivity contribution in [1.82, 2.24) is 14.5 Å². The van der Waals surface area contributed by atoms with E-state index in [2.05, 4.69) is 9.82 Å². The second-order valence-corrected chi connectivity index (χ2v) is 7.75. The highest BCUT2D eigenvalue weighted by atomic mass is 32.2. The van der Waals surface area contributed by atoms with E-state index in [0.29, 0.717) is 5.69 Å². The maximum atomic E-state index is 12.8. The van der Waals surface area contributed by atoms with Gasteiger partial charge in [0, 0.05) is 23.6 Å². The Hall–Kier alpha value is -2.13. The van der Waals surface area contributed by atoms with E-state index in [1.54, 1.807) is 24.3 Å². The Balaban J connectivity index is 1.62. The standard InChI is InChI=1S/C17H18F3N3O2S/c18-17(19,20)16-12-15(14-6-7-14)23(22-16)10-9-21-26(24,25)11-8-13-4-2-1-3-5-13/h1-5,8,11-12,14,21H,6-7,9-10H2. The maximum Gasteiger partial charge on any atom is 0.435 e. The molecule has 0 radical (unpaired) electrons. The van der Waals surface area contributed by atoms with Crippen molar-refractivity contribution >= 4 is 16.1 Å². The molecule has 1 saturated carbocycles. The molecule has 1 aromatic carbocycles. The van der Waals surface area contributed by atoms with Crippen LogP contribution in [-0.4, -0.2) is 24.7 Å². The summed E-state index contributed by atoms with van der Waals surface area (Å²) >= 11 is 0. The fourth-order valence-corrected chi connectivity index (χ4v) is 3.34. The summed E-state index contributed by atoms with van der Waals surface area (Å²) in [6.07, 6.45) is -1.40. The predicted octanol–water partition coefficient (Wildman–Crippen LogP) is 3.37. The zero-order valence-corrected chi connectivity index (χ0v) is 14.6. The van der Waals surface area contributed by atoms with E-state index in [-0.39, 0.29) is 19.0 Å². The van der Waals surface area contributed by atoms with Gasteiger partial charge in [-0.2, -0.15) is 18.3 Å². The molecule has 0 amide bonds. The molecule has 0 aliphatic heterocycles. The van der Waals surface area contributed by atoms with E-state index in [9.17, 15) is 21.6 Å². The summed E-state index contributed by atoms with van der Waals surface area (Å²) in [4.78, 5) is 0. The van der Waals surface area contributed by atoms with Crippen LogP contribution in [0.25, 0.3) is 6.08 Å². The summed E-state index contributed by atoms with van der Waals surface area (Å²) in [7, 11) is -3.68. The zero-order valence-electron chi connectivity index (χ0n) is 13.8. The third-order valence-corrected chi connectivity index (χ3v) is 5.06. The van der Waals surface area contributed by atoms with Gasteiger partial charge in [0.25, 0.3) is 0 Å². The number of nitrogens with one attached hydrogen (secondary N) is 1. The number of alkyl halides is 3. The van der Waals surface area contributed by atoms with Crippen LogP contribution in [0.15, 0.2) is 41.8 Å². The van der Waals surface area contributed by atoms with Gasteiger partial charge in [-0.1, -0.05) is 30.3 Å². The quantitative estimate of drug-likeness (QED) is 0.795. The van der Waals surface area contributed by atoms with E-state index >= 15 is 0 Å². The molecule has 140 valence electrons.